The van der Waals surface area contributed by atoms with Gasteiger partial charge in [0, 0.05) is 12.1 Å². The van der Waals surface area contributed by atoms with Gasteiger partial charge >= 0.3 is 0 Å². The van der Waals surface area contributed by atoms with E-state index >= 15 is 0 Å². The molecule has 1 aromatic rings. The number of hydrogen-bond acceptors (Lipinski definition) is 4. The Kier molecular flexibility index (Phi) is 2.30. The fourth-order valence-electron chi connectivity index (χ4n) is 1.54. The van der Waals surface area contributed by atoms with Crippen molar-refractivity contribution in [2.45, 2.75) is 26.3 Å². The first kappa shape index (κ1) is 9.89. The molecular formula is C10H13N3O2. The van der Waals surface area contributed by atoms with E-state index in [1.54, 1.807) is 13.0 Å². The van der Waals surface area contributed by atoms with Crippen LogP contribution in [0.3, 0.4) is 0 Å². The van der Waals surface area contributed by atoms with E-state index in [9.17, 15) is 10.1 Å². The summed E-state index contributed by atoms with van der Waals surface area (Å²) in [6.07, 6.45) is 1.15. The van der Waals surface area contributed by atoms with Gasteiger partial charge in [-0.1, -0.05) is 6.92 Å². The third-order valence-corrected chi connectivity index (χ3v) is 2.70. The van der Waals surface area contributed by atoms with E-state index in [0.29, 0.717) is 17.7 Å². The minimum Gasteiger partial charge on any atom is -0.367 e. The quantitative estimate of drug-likeness (QED) is 0.608. The van der Waals surface area contributed by atoms with Gasteiger partial charge in [0.2, 0.25) is 0 Å². The molecule has 0 radical (unpaired) electrons. The zero-order valence-corrected chi connectivity index (χ0v) is 8.73. The molecule has 1 aliphatic rings. The second-order valence-corrected chi connectivity index (χ2v) is 4.02. The van der Waals surface area contributed by atoms with Gasteiger partial charge in [-0.3, -0.25) is 10.1 Å². The van der Waals surface area contributed by atoms with Crippen molar-refractivity contribution >= 4 is 11.5 Å². The summed E-state index contributed by atoms with van der Waals surface area (Å²) < 4.78 is 0. The molecule has 0 aromatic carbocycles. The molecule has 0 aliphatic heterocycles. The van der Waals surface area contributed by atoms with Gasteiger partial charge in [-0.2, -0.15) is 0 Å². The minimum atomic E-state index is -0.411. The molecule has 1 aromatic heterocycles. The van der Waals surface area contributed by atoms with Gasteiger partial charge in [-0.15, -0.1) is 0 Å². The van der Waals surface area contributed by atoms with Crippen molar-refractivity contribution in [2.75, 3.05) is 5.32 Å². The Morgan fingerprint density at radius 1 is 1.60 bits per heavy atom. The molecule has 0 spiro atoms. The van der Waals surface area contributed by atoms with Crippen molar-refractivity contribution in [1.29, 1.82) is 0 Å². The number of nitrogens with zero attached hydrogens (tertiary/aromatic N) is 2. The van der Waals surface area contributed by atoms with Gasteiger partial charge in [0.15, 0.2) is 0 Å². The normalized spacial score (nSPS) is 23.6. The van der Waals surface area contributed by atoms with E-state index in [1.165, 1.54) is 6.07 Å². The largest absolute Gasteiger partial charge is 0.367 e. The topological polar surface area (TPSA) is 68.1 Å². The fraction of sp³-hybridized carbons (Fsp3) is 0.500. The van der Waals surface area contributed by atoms with Gasteiger partial charge < -0.3 is 5.32 Å². The highest BCUT2D eigenvalue weighted by atomic mass is 16.6. The first-order chi connectivity index (χ1) is 7.08. The zero-order chi connectivity index (χ0) is 11.0. The van der Waals surface area contributed by atoms with Gasteiger partial charge in [0.05, 0.1) is 4.92 Å². The Bertz CT molecular complexity index is 406. The van der Waals surface area contributed by atoms with E-state index in [4.69, 9.17) is 0 Å². The molecule has 0 bridgehead atoms. The molecule has 0 amide bonds. The smallest absolute Gasteiger partial charge is 0.290 e. The second kappa shape index (κ2) is 3.49. The average molecular weight is 207 g/mol. The summed E-state index contributed by atoms with van der Waals surface area (Å²) in [5, 5.41) is 13.8. The van der Waals surface area contributed by atoms with Crippen LogP contribution in [0.5, 0.6) is 0 Å². The standard InChI is InChI=1S/C10H13N3O2/c1-6-5-8(6)12-10-4-3-9(13(14)15)7(2)11-10/h3-4,6,8H,5H2,1-2H3,(H,11,12). The Hall–Kier alpha value is -1.65. The van der Waals surface area contributed by atoms with Crippen LogP contribution in [0.4, 0.5) is 11.5 Å². The molecular weight excluding hydrogens is 194 g/mol. The fourth-order valence-corrected chi connectivity index (χ4v) is 1.54. The van der Waals surface area contributed by atoms with Crippen molar-refractivity contribution in [2.24, 2.45) is 5.92 Å². The van der Waals surface area contributed by atoms with Crippen molar-refractivity contribution < 1.29 is 4.92 Å². The summed E-state index contributed by atoms with van der Waals surface area (Å²) in [5.74, 6) is 1.41. The van der Waals surface area contributed by atoms with E-state index in [-0.39, 0.29) is 5.69 Å². The third-order valence-electron chi connectivity index (χ3n) is 2.70. The summed E-state index contributed by atoms with van der Waals surface area (Å²) in [5.41, 5.74) is 0.530. The summed E-state index contributed by atoms with van der Waals surface area (Å²) >= 11 is 0. The monoisotopic (exact) mass is 207 g/mol. The predicted molar refractivity (Wildman–Crippen MR) is 56.8 cm³/mol. The van der Waals surface area contributed by atoms with E-state index < -0.39 is 4.92 Å². The molecule has 2 rings (SSSR count). The van der Waals surface area contributed by atoms with Gasteiger partial charge in [0.25, 0.3) is 5.69 Å². The number of hydrogen-bond donors (Lipinski definition) is 1. The zero-order valence-electron chi connectivity index (χ0n) is 8.73. The first-order valence-electron chi connectivity index (χ1n) is 4.96. The van der Waals surface area contributed by atoms with E-state index in [1.807, 2.05) is 0 Å². The van der Waals surface area contributed by atoms with E-state index in [0.717, 1.165) is 12.2 Å². The third kappa shape index (κ3) is 2.06. The summed E-state index contributed by atoms with van der Waals surface area (Å²) in [7, 11) is 0. The Labute approximate surface area is 87.7 Å². The van der Waals surface area contributed by atoms with Crippen LogP contribution in [0, 0.1) is 23.0 Å². The highest BCUT2D eigenvalue weighted by Crippen LogP contribution is 2.32. The second-order valence-electron chi connectivity index (χ2n) is 4.02. The molecule has 2 unspecified atom stereocenters. The number of anilines is 1. The molecule has 5 heteroatoms. The van der Waals surface area contributed by atoms with Crippen molar-refractivity contribution in [3.8, 4) is 0 Å². The predicted octanol–water partition coefficient (Wildman–Crippen LogP) is 2.12. The molecule has 0 saturated heterocycles. The molecule has 1 aliphatic carbocycles. The summed E-state index contributed by atoms with van der Waals surface area (Å²) in [6.45, 7) is 3.82. The van der Waals surface area contributed by atoms with Crippen LogP contribution in [0.2, 0.25) is 0 Å². The lowest BCUT2D eigenvalue weighted by Crippen LogP contribution is -2.06. The maximum atomic E-state index is 10.6. The molecule has 1 fully saturated rings. The SMILES string of the molecule is Cc1nc(NC2CC2C)ccc1[N+](=O)[O-]. The van der Waals surface area contributed by atoms with Crippen LogP contribution in [0.1, 0.15) is 19.0 Å². The van der Waals surface area contributed by atoms with Crippen molar-refractivity contribution in [3.63, 3.8) is 0 Å². The van der Waals surface area contributed by atoms with Crippen LogP contribution >= 0.6 is 0 Å². The van der Waals surface area contributed by atoms with Crippen LogP contribution in [0.25, 0.3) is 0 Å². The molecule has 1 saturated carbocycles. The number of nitrogens with one attached hydrogen (secondary N) is 1. The molecule has 2 atom stereocenters. The van der Waals surface area contributed by atoms with Crippen LogP contribution in [-0.2, 0) is 0 Å². The van der Waals surface area contributed by atoms with Crippen LogP contribution in [0.15, 0.2) is 12.1 Å². The number of pyridine rings is 1. The number of aromatic nitrogens is 1. The molecule has 15 heavy (non-hydrogen) atoms. The lowest BCUT2D eigenvalue weighted by atomic mass is 10.3. The lowest BCUT2D eigenvalue weighted by Gasteiger charge is -2.04. The number of aryl methyl sites for hydroxylation is 1. The Morgan fingerprint density at radius 3 is 2.73 bits per heavy atom. The molecule has 80 valence electrons. The maximum Gasteiger partial charge on any atom is 0.290 e. The number of rotatable bonds is 3. The molecule has 5 nitrogen and oxygen atoms in total. The van der Waals surface area contributed by atoms with Gasteiger partial charge in [0.1, 0.15) is 11.5 Å². The Balaban J connectivity index is 2.14. The van der Waals surface area contributed by atoms with Crippen LogP contribution in [-0.4, -0.2) is 15.9 Å². The van der Waals surface area contributed by atoms with Gasteiger partial charge in [-0.05, 0) is 25.3 Å². The first-order valence-corrected chi connectivity index (χ1v) is 4.96. The van der Waals surface area contributed by atoms with Crippen molar-refractivity contribution in [3.05, 3.63) is 27.9 Å². The van der Waals surface area contributed by atoms with Crippen molar-refractivity contribution in [1.82, 2.24) is 4.98 Å². The lowest BCUT2D eigenvalue weighted by molar-refractivity contribution is -0.385. The minimum absolute atomic E-state index is 0.0735. The van der Waals surface area contributed by atoms with E-state index in [2.05, 4.69) is 17.2 Å². The van der Waals surface area contributed by atoms with Crippen LogP contribution < -0.4 is 5.32 Å². The number of nitro groups is 1. The molecule has 1 heterocycles. The average Bonchev–Trinajstić information content (AvgIpc) is 2.81. The summed E-state index contributed by atoms with van der Waals surface area (Å²) in [6, 6.07) is 3.65. The molecule has 1 N–H and O–H groups in total. The Morgan fingerprint density at radius 2 is 2.27 bits per heavy atom. The highest BCUT2D eigenvalue weighted by Gasteiger charge is 2.32. The summed E-state index contributed by atoms with van der Waals surface area (Å²) in [4.78, 5) is 14.3. The maximum absolute atomic E-state index is 10.6. The highest BCUT2D eigenvalue weighted by molar-refractivity contribution is 5.46. The van der Waals surface area contributed by atoms with Gasteiger partial charge in [-0.25, -0.2) is 4.98 Å².